The summed E-state index contributed by atoms with van der Waals surface area (Å²) in [7, 11) is 4.76. The third kappa shape index (κ3) is 1.91. The van der Waals surface area contributed by atoms with Gasteiger partial charge in [-0.1, -0.05) is 0 Å². The topological polar surface area (TPSA) is 49.9 Å². The molecule has 1 unspecified atom stereocenters. The van der Waals surface area contributed by atoms with E-state index in [1.807, 2.05) is 0 Å². The molecule has 0 aromatic heterocycles. The lowest BCUT2D eigenvalue weighted by Gasteiger charge is -2.15. The molecular weight excluding hydrogens is 172 g/mol. The second-order valence-electron chi connectivity index (χ2n) is 3.21. The van der Waals surface area contributed by atoms with Crippen molar-refractivity contribution in [3.8, 4) is 0 Å². The number of likely N-dealkylation sites (N-methyl/N-ethyl adjacent to an activating group) is 2. The Morgan fingerprint density at radius 2 is 2.23 bits per heavy atom. The summed E-state index contributed by atoms with van der Waals surface area (Å²) in [4.78, 5) is 25.4. The van der Waals surface area contributed by atoms with E-state index in [-0.39, 0.29) is 24.5 Å². The zero-order chi connectivity index (χ0) is 10.0. The molecule has 0 radical (unpaired) electrons. The van der Waals surface area contributed by atoms with Crippen LogP contribution in [-0.2, 0) is 9.53 Å². The van der Waals surface area contributed by atoms with Crippen LogP contribution in [0.15, 0.2) is 0 Å². The minimum absolute atomic E-state index is 0.0473. The van der Waals surface area contributed by atoms with Gasteiger partial charge in [0.05, 0.1) is 19.6 Å². The minimum atomic E-state index is -0.278. The van der Waals surface area contributed by atoms with Crippen molar-refractivity contribution >= 4 is 12.0 Å². The molecule has 5 nitrogen and oxygen atoms in total. The highest BCUT2D eigenvalue weighted by Crippen LogP contribution is 2.14. The van der Waals surface area contributed by atoms with E-state index in [9.17, 15) is 9.59 Å². The third-order valence-electron chi connectivity index (χ3n) is 2.29. The molecule has 0 bridgehead atoms. The summed E-state index contributed by atoms with van der Waals surface area (Å²) in [5.74, 6) is -0.278. The largest absolute Gasteiger partial charge is 0.469 e. The summed E-state index contributed by atoms with van der Waals surface area (Å²) in [5.41, 5.74) is 0. The van der Waals surface area contributed by atoms with Crippen LogP contribution in [0.2, 0.25) is 0 Å². The fourth-order valence-corrected chi connectivity index (χ4v) is 1.42. The summed E-state index contributed by atoms with van der Waals surface area (Å²) in [5, 5.41) is 0. The molecule has 1 atom stereocenters. The molecule has 1 rings (SSSR count). The molecule has 74 valence electrons. The number of hydrogen-bond donors (Lipinski definition) is 0. The Morgan fingerprint density at radius 1 is 1.62 bits per heavy atom. The number of amides is 2. The molecule has 1 aliphatic heterocycles. The van der Waals surface area contributed by atoms with Crippen LogP contribution in [0.3, 0.4) is 0 Å². The first kappa shape index (κ1) is 9.83. The maximum Gasteiger partial charge on any atom is 0.319 e. The first-order valence-electron chi connectivity index (χ1n) is 4.11. The summed E-state index contributed by atoms with van der Waals surface area (Å²) in [6.45, 7) is 0.588. The molecule has 1 fully saturated rings. The molecule has 2 amide bonds. The van der Waals surface area contributed by atoms with Crippen molar-refractivity contribution in [2.75, 3.05) is 27.7 Å². The van der Waals surface area contributed by atoms with Crippen molar-refractivity contribution in [3.05, 3.63) is 0 Å². The molecule has 1 saturated heterocycles. The van der Waals surface area contributed by atoms with Gasteiger partial charge >= 0.3 is 12.0 Å². The summed E-state index contributed by atoms with van der Waals surface area (Å²) < 4.78 is 4.54. The zero-order valence-corrected chi connectivity index (χ0v) is 8.11. The number of hydrogen-bond acceptors (Lipinski definition) is 3. The number of esters is 1. The highest BCUT2D eigenvalue weighted by molar-refractivity contribution is 5.78. The Kier molecular flexibility index (Phi) is 2.75. The monoisotopic (exact) mass is 186 g/mol. The fraction of sp³-hybridized carbons (Fsp3) is 0.750. The Hall–Kier alpha value is -1.26. The first-order chi connectivity index (χ1) is 6.06. The van der Waals surface area contributed by atoms with E-state index in [1.165, 1.54) is 7.11 Å². The van der Waals surface area contributed by atoms with Crippen LogP contribution in [0.4, 0.5) is 4.79 Å². The van der Waals surface area contributed by atoms with E-state index in [4.69, 9.17) is 0 Å². The standard InChI is InChI=1S/C8H14N2O3/c1-9-5-6(4-7(11)13-3)10(2)8(9)12/h6H,4-5H2,1-3H3. The van der Waals surface area contributed by atoms with Crippen LogP contribution in [0.25, 0.3) is 0 Å². The Morgan fingerprint density at radius 3 is 2.62 bits per heavy atom. The SMILES string of the molecule is COC(=O)CC1CN(C)C(=O)N1C. The Balaban J connectivity index is 2.54. The van der Waals surface area contributed by atoms with E-state index < -0.39 is 0 Å². The summed E-state index contributed by atoms with van der Waals surface area (Å²) in [6.07, 6.45) is 0.267. The molecule has 1 aliphatic rings. The predicted octanol–water partition coefficient (Wildman–Crippen LogP) is -0.0847. The molecule has 0 aromatic rings. The highest BCUT2D eigenvalue weighted by atomic mass is 16.5. The van der Waals surface area contributed by atoms with Gasteiger partial charge in [0.1, 0.15) is 0 Å². The van der Waals surface area contributed by atoms with Gasteiger partial charge in [0.15, 0.2) is 0 Å². The molecule has 0 N–H and O–H groups in total. The lowest BCUT2D eigenvalue weighted by Crippen LogP contribution is -2.32. The number of ether oxygens (including phenoxy) is 1. The number of nitrogens with zero attached hydrogens (tertiary/aromatic N) is 2. The van der Waals surface area contributed by atoms with Crippen LogP contribution >= 0.6 is 0 Å². The maximum atomic E-state index is 11.3. The number of methoxy groups -OCH3 is 1. The van der Waals surface area contributed by atoms with Gasteiger partial charge in [0.25, 0.3) is 0 Å². The smallest absolute Gasteiger partial charge is 0.319 e. The van der Waals surface area contributed by atoms with E-state index in [1.54, 1.807) is 23.9 Å². The van der Waals surface area contributed by atoms with Gasteiger partial charge in [-0.25, -0.2) is 4.79 Å². The number of carbonyl (C=O) groups excluding carboxylic acids is 2. The first-order valence-corrected chi connectivity index (χ1v) is 4.11. The predicted molar refractivity (Wildman–Crippen MR) is 46.2 cm³/mol. The molecule has 0 aliphatic carbocycles. The Bertz CT molecular complexity index is 229. The van der Waals surface area contributed by atoms with Gasteiger partial charge in [-0.05, 0) is 0 Å². The van der Waals surface area contributed by atoms with Gasteiger partial charge in [-0.3, -0.25) is 4.79 Å². The Labute approximate surface area is 77.2 Å². The van der Waals surface area contributed by atoms with Gasteiger partial charge in [0, 0.05) is 20.6 Å². The van der Waals surface area contributed by atoms with E-state index >= 15 is 0 Å². The number of rotatable bonds is 2. The van der Waals surface area contributed by atoms with Crippen molar-refractivity contribution < 1.29 is 14.3 Å². The maximum absolute atomic E-state index is 11.3. The van der Waals surface area contributed by atoms with Crippen molar-refractivity contribution in [3.63, 3.8) is 0 Å². The summed E-state index contributed by atoms with van der Waals surface area (Å²) >= 11 is 0. The molecule has 0 aromatic carbocycles. The molecular formula is C8H14N2O3. The second-order valence-corrected chi connectivity index (χ2v) is 3.21. The fourth-order valence-electron chi connectivity index (χ4n) is 1.42. The normalized spacial score (nSPS) is 22.4. The third-order valence-corrected chi connectivity index (χ3v) is 2.29. The van der Waals surface area contributed by atoms with Crippen molar-refractivity contribution in [1.29, 1.82) is 0 Å². The summed E-state index contributed by atoms with van der Waals surface area (Å²) in [6, 6.07) is -0.0983. The van der Waals surface area contributed by atoms with Crippen LogP contribution in [0.5, 0.6) is 0 Å². The molecule has 5 heteroatoms. The second kappa shape index (κ2) is 3.64. The van der Waals surface area contributed by atoms with Crippen LogP contribution in [0, 0.1) is 0 Å². The van der Waals surface area contributed by atoms with Crippen LogP contribution in [0.1, 0.15) is 6.42 Å². The van der Waals surface area contributed by atoms with Crippen LogP contribution < -0.4 is 0 Å². The zero-order valence-electron chi connectivity index (χ0n) is 8.11. The minimum Gasteiger partial charge on any atom is -0.469 e. The van der Waals surface area contributed by atoms with Gasteiger partial charge in [-0.15, -0.1) is 0 Å². The molecule has 0 saturated carbocycles. The average molecular weight is 186 g/mol. The van der Waals surface area contributed by atoms with Gasteiger partial charge in [-0.2, -0.15) is 0 Å². The number of carbonyl (C=O) groups is 2. The lowest BCUT2D eigenvalue weighted by atomic mass is 10.2. The van der Waals surface area contributed by atoms with Crippen molar-refractivity contribution in [2.24, 2.45) is 0 Å². The lowest BCUT2D eigenvalue weighted by molar-refractivity contribution is -0.141. The molecule has 0 spiro atoms. The molecule has 13 heavy (non-hydrogen) atoms. The average Bonchev–Trinajstić information content (AvgIpc) is 2.34. The van der Waals surface area contributed by atoms with E-state index in [0.717, 1.165) is 0 Å². The van der Waals surface area contributed by atoms with Gasteiger partial charge in [0.2, 0.25) is 0 Å². The van der Waals surface area contributed by atoms with Crippen LogP contribution in [-0.4, -0.2) is 55.6 Å². The quantitative estimate of drug-likeness (QED) is 0.566. The molecule has 1 heterocycles. The highest BCUT2D eigenvalue weighted by Gasteiger charge is 2.33. The number of urea groups is 1. The van der Waals surface area contributed by atoms with E-state index in [0.29, 0.717) is 6.54 Å². The van der Waals surface area contributed by atoms with Gasteiger partial charge < -0.3 is 14.5 Å². The van der Waals surface area contributed by atoms with Crippen molar-refractivity contribution in [2.45, 2.75) is 12.5 Å². The van der Waals surface area contributed by atoms with E-state index in [2.05, 4.69) is 4.74 Å². The van der Waals surface area contributed by atoms with Crippen molar-refractivity contribution in [1.82, 2.24) is 9.80 Å².